The maximum absolute atomic E-state index is 12.0. The van der Waals surface area contributed by atoms with Crippen molar-refractivity contribution in [3.05, 3.63) is 0 Å². The molecule has 0 fully saturated rings. The molecule has 0 unspecified atom stereocenters. The zero-order valence-electron chi connectivity index (χ0n) is 10.3. The average Bonchev–Trinajstić information content (AvgIpc) is 2.17. The van der Waals surface area contributed by atoms with Crippen LogP contribution in [0, 0.1) is 0 Å². The summed E-state index contributed by atoms with van der Waals surface area (Å²) in [4.78, 5) is 0. The molecule has 0 bridgehead atoms. The van der Waals surface area contributed by atoms with Crippen molar-refractivity contribution >= 4 is 21.6 Å². The van der Waals surface area contributed by atoms with E-state index >= 15 is 0 Å². The van der Waals surface area contributed by atoms with Crippen LogP contribution in [0.5, 0.6) is 0 Å². The van der Waals surface area contributed by atoms with Gasteiger partial charge in [-0.3, -0.25) is 0 Å². The normalized spacial score (nSPS) is 12.6. The first-order chi connectivity index (χ1) is 7.45. The number of alkyl halides is 1. The second-order valence-electron chi connectivity index (χ2n) is 3.91. The Bertz CT molecular complexity index is 267. The molecule has 0 aliphatic carbocycles. The molecule has 0 atom stereocenters. The molecule has 6 heteroatoms. The van der Waals surface area contributed by atoms with E-state index in [1.54, 1.807) is 7.11 Å². The lowest BCUT2D eigenvalue weighted by Crippen LogP contribution is -2.39. The van der Waals surface area contributed by atoms with E-state index in [1.165, 1.54) is 4.31 Å². The van der Waals surface area contributed by atoms with Crippen LogP contribution in [0.2, 0.25) is 0 Å². The van der Waals surface area contributed by atoms with E-state index < -0.39 is 10.0 Å². The minimum Gasteiger partial charge on any atom is -0.385 e. The number of hydrogen-bond donors (Lipinski definition) is 0. The summed E-state index contributed by atoms with van der Waals surface area (Å²) in [6.45, 7) is 4.72. The number of rotatable bonds is 9. The first kappa shape index (κ1) is 16.2. The fourth-order valence-electron chi connectivity index (χ4n) is 1.44. The summed E-state index contributed by atoms with van der Waals surface area (Å²) >= 11 is 5.59. The number of methoxy groups -OCH3 is 1. The molecule has 0 aliphatic heterocycles. The monoisotopic (exact) mass is 271 g/mol. The maximum atomic E-state index is 12.0. The smallest absolute Gasteiger partial charge is 0.214 e. The van der Waals surface area contributed by atoms with Crippen molar-refractivity contribution in [1.82, 2.24) is 4.31 Å². The van der Waals surface area contributed by atoms with Crippen molar-refractivity contribution in [1.29, 1.82) is 0 Å². The van der Waals surface area contributed by atoms with E-state index in [1.807, 2.05) is 13.8 Å². The highest BCUT2D eigenvalue weighted by molar-refractivity contribution is 7.89. The van der Waals surface area contributed by atoms with Gasteiger partial charge in [-0.1, -0.05) is 0 Å². The lowest BCUT2D eigenvalue weighted by molar-refractivity contribution is 0.199. The van der Waals surface area contributed by atoms with Gasteiger partial charge in [0, 0.05) is 32.2 Å². The standard InChI is InChI=1S/C10H22ClNO3S/c1-10(2)12(7-4-6-11)16(13,14)9-5-8-15-3/h10H,4-9H2,1-3H3. The summed E-state index contributed by atoms with van der Waals surface area (Å²) in [5.74, 6) is 0.623. The van der Waals surface area contributed by atoms with Crippen molar-refractivity contribution < 1.29 is 13.2 Å². The number of nitrogens with zero attached hydrogens (tertiary/aromatic N) is 1. The van der Waals surface area contributed by atoms with Crippen LogP contribution in [-0.4, -0.2) is 50.7 Å². The molecule has 0 radical (unpaired) electrons. The minimum absolute atomic E-state index is 0.0178. The SMILES string of the molecule is COCCCS(=O)(=O)N(CCCCl)C(C)C. The van der Waals surface area contributed by atoms with Crippen molar-refractivity contribution in [3.8, 4) is 0 Å². The quantitative estimate of drug-likeness (QED) is 0.474. The Kier molecular flexibility index (Phi) is 8.36. The molecule has 0 amide bonds. The molecule has 98 valence electrons. The third kappa shape index (κ3) is 6.03. The summed E-state index contributed by atoms with van der Waals surface area (Å²) in [7, 11) is -1.60. The zero-order valence-corrected chi connectivity index (χ0v) is 11.9. The Balaban J connectivity index is 4.38. The molecule has 16 heavy (non-hydrogen) atoms. The molecule has 0 aromatic heterocycles. The minimum atomic E-state index is -3.17. The third-order valence-electron chi connectivity index (χ3n) is 2.20. The number of hydrogen-bond acceptors (Lipinski definition) is 3. The second kappa shape index (κ2) is 8.28. The molecule has 4 nitrogen and oxygen atoms in total. The first-order valence-electron chi connectivity index (χ1n) is 5.50. The predicted molar refractivity (Wildman–Crippen MR) is 67.5 cm³/mol. The van der Waals surface area contributed by atoms with Gasteiger partial charge in [0.15, 0.2) is 0 Å². The molecule has 0 aliphatic rings. The number of sulfonamides is 1. The van der Waals surface area contributed by atoms with Crippen LogP contribution in [-0.2, 0) is 14.8 Å². The van der Waals surface area contributed by atoms with Crippen LogP contribution in [0.25, 0.3) is 0 Å². The Morgan fingerprint density at radius 2 is 1.94 bits per heavy atom. The van der Waals surface area contributed by atoms with Crippen LogP contribution in [0.15, 0.2) is 0 Å². The van der Waals surface area contributed by atoms with E-state index in [-0.39, 0.29) is 11.8 Å². The van der Waals surface area contributed by atoms with Gasteiger partial charge in [-0.05, 0) is 26.7 Å². The van der Waals surface area contributed by atoms with Crippen molar-refractivity contribution in [3.63, 3.8) is 0 Å². The molecular weight excluding hydrogens is 250 g/mol. The van der Waals surface area contributed by atoms with Crippen LogP contribution in [0.3, 0.4) is 0 Å². The Labute approximate surface area is 104 Å². The summed E-state index contributed by atoms with van der Waals surface area (Å²) in [6, 6.07) is -0.0178. The molecule has 0 saturated carbocycles. The summed E-state index contributed by atoms with van der Waals surface area (Å²) in [6.07, 6.45) is 1.21. The van der Waals surface area contributed by atoms with E-state index in [9.17, 15) is 8.42 Å². The summed E-state index contributed by atoms with van der Waals surface area (Å²) in [5, 5.41) is 0. The van der Waals surface area contributed by atoms with Gasteiger partial charge in [-0.15, -0.1) is 11.6 Å². The lowest BCUT2D eigenvalue weighted by atomic mass is 10.4. The molecule has 0 aromatic rings. The Hall–Kier alpha value is 0.160. The van der Waals surface area contributed by atoms with Gasteiger partial charge in [0.1, 0.15) is 0 Å². The van der Waals surface area contributed by atoms with E-state index in [2.05, 4.69) is 0 Å². The summed E-state index contributed by atoms with van der Waals surface area (Å²) < 4.78 is 30.3. The molecule has 0 rings (SSSR count). The fraction of sp³-hybridized carbons (Fsp3) is 1.00. The largest absolute Gasteiger partial charge is 0.385 e. The van der Waals surface area contributed by atoms with Gasteiger partial charge in [-0.25, -0.2) is 8.42 Å². The van der Waals surface area contributed by atoms with Gasteiger partial charge in [0.05, 0.1) is 5.75 Å². The Morgan fingerprint density at radius 1 is 1.31 bits per heavy atom. The molecular formula is C10H22ClNO3S. The van der Waals surface area contributed by atoms with E-state index in [0.717, 1.165) is 0 Å². The van der Waals surface area contributed by atoms with E-state index in [4.69, 9.17) is 16.3 Å². The highest BCUT2D eigenvalue weighted by Gasteiger charge is 2.23. The molecule has 0 spiro atoms. The lowest BCUT2D eigenvalue weighted by Gasteiger charge is -2.25. The summed E-state index contributed by atoms with van der Waals surface area (Å²) in [5.41, 5.74) is 0. The fourth-order valence-corrected chi connectivity index (χ4v) is 3.32. The van der Waals surface area contributed by atoms with Gasteiger partial charge < -0.3 is 4.74 Å². The maximum Gasteiger partial charge on any atom is 0.214 e. The van der Waals surface area contributed by atoms with Crippen molar-refractivity contribution in [2.45, 2.75) is 32.7 Å². The zero-order chi connectivity index (χ0) is 12.6. The first-order valence-corrected chi connectivity index (χ1v) is 7.64. The predicted octanol–water partition coefficient (Wildman–Crippen LogP) is 1.69. The van der Waals surface area contributed by atoms with Crippen LogP contribution in [0.1, 0.15) is 26.7 Å². The third-order valence-corrected chi connectivity index (χ3v) is 4.59. The van der Waals surface area contributed by atoms with E-state index in [0.29, 0.717) is 31.9 Å². The van der Waals surface area contributed by atoms with Crippen molar-refractivity contribution in [2.75, 3.05) is 31.9 Å². The van der Waals surface area contributed by atoms with Gasteiger partial charge in [0.2, 0.25) is 10.0 Å². The molecule has 0 saturated heterocycles. The Morgan fingerprint density at radius 3 is 2.38 bits per heavy atom. The molecule has 0 aromatic carbocycles. The van der Waals surface area contributed by atoms with Crippen LogP contribution in [0.4, 0.5) is 0 Å². The number of ether oxygens (including phenoxy) is 1. The van der Waals surface area contributed by atoms with Crippen LogP contribution < -0.4 is 0 Å². The second-order valence-corrected chi connectivity index (χ2v) is 6.33. The average molecular weight is 272 g/mol. The topological polar surface area (TPSA) is 46.6 Å². The highest BCUT2D eigenvalue weighted by Crippen LogP contribution is 2.10. The van der Waals surface area contributed by atoms with Gasteiger partial charge >= 0.3 is 0 Å². The van der Waals surface area contributed by atoms with Crippen molar-refractivity contribution in [2.24, 2.45) is 0 Å². The highest BCUT2D eigenvalue weighted by atomic mass is 35.5. The number of halogens is 1. The molecule has 0 heterocycles. The molecule has 0 N–H and O–H groups in total. The van der Waals surface area contributed by atoms with Crippen LogP contribution >= 0.6 is 11.6 Å². The van der Waals surface area contributed by atoms with Gasteiger partial charge in [0.25, 0.3) is 0 Å². The van der Waals surface area contributed by atoms with Gasteiger partial charge in [-0.2, -0.15) is 4.31 Å².